The summed E-state index contributed by atoms with van der Waals surface area (Å²) >= 11 is 0. The Balaban J connectivity index is 2.03. The number of ether oxygens (including phenoxy) is 1. The Morgan fingerprint density at radius 3 is 2.20 bits per heavy atom. The van der Waals surface area contributed by atoms with E-state index >= 15 is 0 Å². The number of nitriles is 1. The highest BCUT2D eigenvalue weighted by molar-refractivity contribution is 6.06. The van der Waals surface area contributed by atoms with Crippen LogP contribution in [0.5, 0.6) is 5.75 Å². The van der Waals surface area contributed by atoms with Crippen LogP contribution < -0.4 is 15.4 Å². The minimum absolute atomic E-state index is 0.0104. The standard InChI is InChI=1S/C20H21N3O2/c1-14(2)15-4-6-18(7-5-15)23-20(24)16(12-21)13-22-17-8-10-19(25-3)11-9-17/h4-11,13-14,22H,1-3H3,(H,23,24)/b16-13-. The van der Waals surface area contributed by atoms with E-state index in [0.29, 0.717) is 11.6 Å². The van der Waals surface area contributed by atoms with E-state index < -0.39 is 5.91 Å². The molecule has 25 heavy (non-hydrogen) atoms. The van der Waals surface area contributed by atoms with Gasteiger partial charge in [0.2, 0.25) is 0 Å². The quantitative estimate of drug-likeness (QED) is 0.610. The molecule has 2 aromatic rings. The second-order valence-corrected chi connectivity index (χ2v) is 5.77. The van der Waals surface area contributed by atoms with Gasteiger partial charge in [-0.2, -0.15) is 5.26 Å². The summed E-state index contributed by atoms with van der Waals surface area (Å²) < 4.78 is 5.08. The number of benzene rings is 2. The molecule has 0 aliphatic rings. The highest BCUT2D eigenvalue weighted by Crippen LogP contribution is 2.18. The lowest BCUT2D eigenvalue weighted by molar-refractivity contribution is -0.112. The molecule has 1 amide bonds. The minimum atomic E-state index is -0.458. The third kappa shape index (κ3) is 5.11. The van der Waals surface area contributed by atoms with E-state index in [1.165, 1.54) is 11.8 Å². The molecule has 5 nitrogen and oxygen atoms in total. The predicted octanol–water partition coefficient (Wildman–Crippen LogP) is 4.28. The molecule has 2 aromatic carbocycles. The summed E-state index contributed by atoms with van der Waals surface area (Å²) in [7, 11) is 1.59. The van der Waals surface area contributed by atoms with Gasteiger partial charge in [0, 0.05) is 17.6 Å². The number of nitrogens with zero attached hydrogens (tertiary/aromatic N) is 1. The lowest BCUT2D eigenvalue weighted by atomic mass is 10.0. The SMILES string of the molecule is COc1ccc(N/C=C(/C#N)C(=O)Nc2ccc(C(C)C)cc2)cc1. The predicted molar refractivity (Wildman–Crippen MR) is 99.5 cm³/mol. The Kier molecular flexibility index (Phi) is 6.19. The summed E-state index contributed by atoms with van der Waals surface area (Å²) in [6.07, 6.45) is 1.39. The zero-order valence-corrected chi connectivity index (χ0v) is 14.5. The van der Waals surface area contributed by atoms with Gasteiger partial charge in [0.05, 0.1) is 7.11 Å². The van der Waals surface area contributed by atoms with Crippen LogP contribution in [0.1, 0.15) is 25.3 Å². The number of hydrogen-bond acceptors (Lipinski definition) is 4. The van der Waals surface area contributed by atoms with Crippen molar-refractivity contribution in [2.24, 2.45) is 0 Å². The molecular weight excluding hydrogens is 314 g/mol. The highest BCUT2D eigenvalue weighted by atomic mass is 16.5. The molecule has 0 fully saturated rings. The van der Waals surface area contributed by atoms with E-state index in [9.17, 15) is 10.1 Å². The summed E-state index contributed by atoms with van der Waals surface area (Å²) in [5, 5.41) is 14.9. The molecule has 2 rings (SSSR count). The fraction of sp³-hybridized carbons (Fsp3) is 0.200. The molecule has 2 N–H and O–H groups in total. The first kappa shape index (κ1) is 18.1. The Morgan fingerprint density at radius 1 is 1.08 bits per heavy atom. The molecule has 0 heterocycles. The first-order chi connectivity index (χ1) is 12.0. The second-order valence-electron chi connectivity index (χ2n) is 5.77. The zero-order valence-electron chi connectivity index (χ0n) is 14.5. The molecule has 0 spiro atoms. The van der Waals surface area contributed by atoms with Crippen molar-refractivity contribution in [2.45, 2.75) is 19.8 Å². The van der Waals surface area contributed by atoms with Crippen LogP contribution in [0.25, 0.3) is 0 Å². The van der Waals surface area contributed by atoms with Gasteiger partial charge in [-0.1, -0.05) is 26.0 Å². The van der Waals surface area contributed by atoms with Gasteiger partial charge in [0.15, 0.2) is 0 Å². The fourth-order valence-electron chi connectivity index (χ4n) is 2.14. The van der Waals surface area contributed by atoms with Crippen molar-refractivity contribution >= 4 is 17.3 Å². The largest absolute Gasteiger partial charge is 0.497 e. The Bertz CT molecular complexity index is 785. The number of anilines is 2. The number of carbonyl (C=O) groups is 1. The van der Waals surface area contributed by atoms with Gasteiger partial charge in [-0.15, -0.1) is 0 Å². The van der Waals surface area contributed by atoms with Crippen LogP contribution in [0, 0.1) is 11.3 Å². The molecule has 0 saturated carbocycles. The van der Waals surface area contributed by atoms with Crippen molar-refractivity contribution in [2.75, 3.05) is 17.7 Å². The van der Waals surface area contributed by atoms with Gasteiger partial charge in [0.1, 0.15) is 17.4 Å². The van der Waals surface area contributed by atoms with Gasteiger partial charge >= 0.3 is 0 Å². The number of carbonyl (C=O) groups excluding carboxylic acids is 1. The van der Waals surface area contributed by atoms with Crippen molar-refractivity contribution in [1.29, 1.82) is 5.26 Å². The Morgan fingerprint density at radius 2 is 1.68 bits per heavy atom. The summed E-state index contributed by atoms with van der Waals surface area (Å²) in [5.74, 6) is 0.700. The van der Waals surface area contributed by atoms with Gasteiger partial charge in [-0.05, 0) is 47.9 Å². The number of hydrogen-bond donors (Lipinski definition) is 2. The van der Waals surface area contributed by atoms with Crippen molar-refractivity contribution in [3.05, 3.63) is 65.9 Å². The molecule has 0 radical (unpaired) electrons. The summed E-state index contributed by atoms with van der Waals surface area (Å²) in [6.45, 7) is 4.21. The highest BCUT2D eigenvalue weighted by Gasteiger charge is 2.09. The molecular formula is C20H21N3O2. The van der Waals surface area contributed by atoms with Crippen LogP contribution in [-0.2, 0) is 4.79 Å². The molecule has 5 heteroatoms. The monoisotopic (exact) mass is 335 g/mol. The Labute approximate surface area is 147 Å². The van der Waals surface area contributed by atoms with Crippen LogP contribution in [0.15, 0.2) is 60.3 Å². The van der Waals surface area contributed by atoms with Gasteiger partial charge in [-0.3, -0.25) is 4.79 Å². The number of amides is 1. The average Bonchev–Trinajstić information content (AvgIpc) is 2.63. The van der Waals surface area contributed by atoms with E-state index in [4.69, 9.17) is 4.74 Å². The maximum absolute atomic E-state index is 12.2. The lowest BCUT2D eigenvalue weighted by Crippen LogP contribution is -2.14. The molecule has 0 aromatic heterocycles. The topological polar surface area (TPSA) is 74.1 Å². The van der Waals surface area contributed by atoms with Gasteiger partial charge in [-0.25, -0.2) is 0 Å². The first-order valence-electron chi connectivity index (χ1n) is 7.95. The van der Waals surface area contributed by atoms with Crippen molar-refractivity contribution in [3.63, 3.8) is 0 Å². The zero-order chi connectivity index (χ0) is 18.2. The van der Waals surface area contributed by atoms with Gasteiger partial charge < -0.3 is 15.4 Å². The molecule has 0 aliphatic carbocycles. The normalized spacial score (nSPS) is 10.9. The fourth-order valence-corrected chi connectivity index (χ4v) is 2.14. The molecule has 0 atom stereocenters. The van der Waals surface area contributed by atoms with Crippen molar-refractivity contribution in [1.82, 2.24) is 0 Å². The van der Waals surface area contributed by atoms with E-state index in [1.807, 2.05) is 30.3 Å². The minimum Gasteiger partial charge on any atom is -0.497 e. The number of methoxy groups -OCH3 is 1. The van der Waals surface area contributed by atoms with Crippen LogP contribution in [0.3, 0.4) is 0 Å². The molecule has 128 valence electrons. The molecule has 0 unspecified atom stereocenters. The summed E-state index contributed by atoms with van der Waals surface area (Å²) in [6, 6.07) is 16.7. The van der Waals surface area contributed by atoms with E-state index in [0.717, 1.165) is 11.4 Å². The third-order valence-electron chi connectivity index (χ3n) is 3.67. The maximum Gasteiger partial charge on any atom is 0.267 e. The average molecular weight is 335 g/mol. The summed E-state index contributed by atoms with van der Waals surface area (Å²) in [5.41, 5.74) is 2.58. The van der Waals surface area contributed by atoms with Crippen LogP contribution in [-0.4, -0.2) is 13.0 Å². The van der Waals surface area contributed by atoms with Crippen LogP contribution in [0.4, 0.5) is 11.4 Å². The second kappa shape index (κ2) is 8.55. The van der Waals surface area contributed by atoms with Gasteiger partial charge in [0.25, 0.3) is 5.91 Å². The lowest BCUT2D eigenvalue weighted by Gasteiger charge is -2.08. The molecule has 0 bridgehead atoms. The van der Waals surface area contributed by atoms with E-state index in [1.54, 1.807) is 31.4 Å². The van der Waals surface area contributed by atoms with E-state index in [-0.39, 0.29) is 5.57 Å². The third-order valence-corrected chi connectivity index (χ3v) is 3.67. The van der Waals surface area contributed by atoms with Crippen molar-refractivity contribution < 1.29 is 9.53 Å². The maximum atomic E-state index is 12.2. The van der Waals surface area contributed by atoms with Crippen molar-refractivity contribution in [3.8, 4) is 11.8 Å². The first-order valence-corrected chi connectivity index (χ1v) is 7.95. The smallest absolute Gasteiger partial charge is 0.267 e. The number of rotatable bonds is 6. The number of nitrogens with one attached hydrogen (secondary N) is 2. The summed E-state index contributed by atoms with van der Waals surface area (Å²) in [4.78, 5) is 12.2. The molecule has 0 saturated heterocycles. The van der Waals surface area contributed by atoms with E-state index in [2.05, 4.69) is 24.5 Å². The van der Waals surface area contributed by atoms with Crippen LogP contribution in [0.2, 0.25) is 0 Å². The Hall–Kier alpha value is -3.26. The van der Waals surface area contributed by atoms with Crippen LogP contribution >= 0.6 is 0 Å². The molecule has 0 aliphatic heterocycles.